The Morgan fingerprint density at radius 1 is 1.45 bits per heavy atom. The van der Waals surface area contributed by atoms with Gasteiger partial charge in [0.2, 0.25) is 6.41 Å². The first kappa shape index (κ1) is 16.2. The number of hydrogen-bond donors (Lipinski definition) is 1. The highest BCUT2D eigenvalue weighted by Crippen LogP contribution is 2.17. The van der Waals surface area contributed by atoms with Gasteiger partial charge >= 0.3 is 0 Å². The van der Waals surface area contributed by atoms with Crippen LogP contribution < -0.4 is 10.2 Å². The maximum Gasteiger partial charge on any atom is 0.274 e. The van der Waals surface area contributed by atoms with Gasteiger partial charge in [-0.15, -0.1) is 0 Å². The van der Waals surface area contributed by atoms with Gasteiger partial charge in [0, 0.05) is 34.2 Å². The zero-order valence-corrected chi connectivity index (χ0v) is 12.6. The molecule has 1 aromatic heterocycles. The molecule has 0 aliphatic heterocycles. The predicted octanol–water partition coefficient (Wildman–Crippen LogP) is 0.0843. The van der Waals surface area contributed by atoms with Gasteiger partial charge < -0.3 is 19.7 Å². The van der Waals surface area contributed by atoms with E-state index in [1.807, 2.05) is 0 Å². The summed E-state index contributed by atoms with van der Waals surface area (Å²) in [5.41, 5.74) is 0.414. The van der Waals surface area contributed by atoms with Crippen LogP contribution in [-0.4, -0.2) is 60.5 Å². The number of anilines is 1. The number of amides is 2. The SMILES string of the molecule is CCCNCCN(C)C(=O)c1c(N(C)C=O)ncn1C. The standard InChI is InChI=1S/C13H23N5O2/c1-5-6-14-7-8-16(2)13(20)11-12(18(4)10-19)15-9-17(11)3/h9-10,14H,5-8H2,1-4H3. The van der Waals surface area contributed by atoms with E-state index in [9.17, 15) is 9.59 Å². The quantitative estimate of drug-likeness (QED) is 0.541. The van der Waals surface area contributed by atoms with E-state index in [1.54, 1.807) is 30.6 Å². The topological polar surface area (TPSA) is 70.5 Å². The molecule has 20 heavy (non-hydrogen) atoms. The van der Waals surface area contributed by atoms with Gasteiger partial charge in [-0.05, 0) is 13.0 Å². The molecule has 1 aromatic rings. The smallest absolute Gasteiger partial charge is 0.274 e. The van der Waals surface area contributed by atoms with Crippen molar-refractivity contribution in [2.24, 2.45) is 7.05 Å². The molecule has 0 bridgehead atoms. The van der Waals surface area contributed by atoms with Crippen LogP contribution in [0, 0.1) is 0 Å². The summed E-state index contributed by atoms with van der Waals surface area (Å²) < 4.78 is 1.63. The van der Waals surface area contributed by atoms with Crippen molar-refractivity contribution in [1.29, 1.82) is 0 Å². The molecule has 0 saturated heterocycles. The number of hydrogen-bond acceptors (Lipinski definition) is 4. The highest BCUT2D eigenvalue weighted by molar-refractivity contribution is 5.99. The molecule has 2 amide bonds. The lowest BCUT2D eigenvalue weighted by atomic mass is 10.3. The average molecular weight is 281 g/mol. The number of aromatic nitrogens is 2. The van der Waals surface area contributed by atoms with Gasteiger partial charge in [-0.2, -0.15) is 0 Å². The monoisotopic (exact) mass is 281 g/mol. The lowest BCUT2D eigenvalue weighted by molar-refractivity contribution is -0.107. The van der Waals surface area contributed by atoms with Crippen LogP contribution in [0.3, 0.4) is 0 Å². The van der Waals surface area contributed by atoms with Gasteiger partial charge in [-0.3, -0.25) is 9.59 Å². The summed E-state index contributed by atoms with van der Waals surface area (Å²) in [6.07, 6.45) is 3.24. The van der Waals surface area contributed by atoms with Crippen molar-refractivity contribution in [3.63, 3.8) is 0 Å². The highest BCUT2D eigenvalue weighted by atomic mass is 16.2. The van der Waals surface area contributed by atoms with E-state index < -0.39 is 0 Å². The van der Waals surface area contributed by atoms with Crippen molar-refractivity contribution < 1.29 is 9.59 Å². The zero-order chi connectivity index (χ0) is 15.1. The summed E-state index contributed by atoms with van der Waals surface area (Å²) in [6, 6.07) is 0. The van der Waals surface area contributed by atoms with Crippen molar-refractivity contribution in [2.45, 2.75) is 13.3 Å². The van der Waals surface area contributed by atoms with E-state index >= 15 is 0 Å². The fourth-order valence-electron chi connectivity index (χ4n) is 1.80. The van der Waals surface area contributed by atoms with Crippen LogP contribution in [0.4, 0.5) is 5.82 Å². The molecule has 0 unspecified atom stereocenters. The first-order valence-electron chi connectivity index (χ1n) is 6.68. The van der Waals surface area contributed by atoms with Gasteiger partial charge in [0.15, 0.2) is 11.5 Å². The van der Waals surface area contributed by atoms with Crippen molar-refractivity contribution in [3.8, 4) is 0 Å². The fourth-order valence-corrected chi connectivity index (χ4v) is 1.80. The molecule has 1 heterocycles. The molecule has 0 aliphatic rings. The predicted molar refractivity (Wildman–Crippen MR) is 77.8 cm³/mol. The van der Waals surface area contributed by atoms with Crippen LogP contribution in [0.1, 0.15) is 23.8 Å². The molecular weight excluding hydrogens is 258 g/mol. The Bertz CT molecular complexity index is 458. The number of nitrogens with one attached hydrogen (secondary N) is 1. The summed E-state index contributed by atoms with van der Waals surface area (Å²) in [5.74, 6) is 0.230. The highest BCUT2D eigenvalue weighted by Gasteiger charge is 2.22. The summed E-state index contributed by atoms with van der Waals surface area (Å²) >= 11 is 0. The second kappa shape index (κ2) is 7.64. The van der Waals surface area contributed by atoms with E-state index in [0.29, 0.717) is 24.5 Å². The number of carbonyl (C=O) groups excluding carboxylic acids is 2. The summed E-state index contributed by atoms with van der Waals surface area (Å²) in [4.78, 5) is 30.3. The fraction of sp³-hybridized carbons (Fsp3) is 0.615. The number of carbonyl (C=O) groups is 2. The minimum Gasteiger partial charge on any atom is -0.339 e. The van der Waals surface area contributed by atoms with Crippen molar-refractivity contribution >= 4 is 18.1 Å². The van der Waals surface area contributed by atoms with Gasteiger partial charge in [-0.1, -0.05) is 6.92 Å². The Labute approximate surface area is 119 Å². The molecule has 0 spiro atoms. The van der Waals surface area contributed by atoms with E-state index in [1.165, 1.54) is 11.2 Å². The van der Waals surface area contributed by atoms with Crippen molar-refractivity contribution in [1.82, 2.24) is 19.8 Å². The number of imidazole rings is 1. The summed E-state index contributed by atoms with van der Waals surface area (Å²) in [7, 11) is 5.06. The van der Waals surface area contributed by atoms with Crippen LogP contribution >= 0.6 is 0 Å². The third kappa shape index (κ3) is 3.80. The molecule has 0 saturated carbocycles. The van der Waals surface area contributed by atoms with Gasteiger partial charge in [-0.25, -0.2) is 4.98 Å². The largest absolute Gasteiger partial charge is 0.339 e. The Hall–Kier alpha value is -1.89. The third-order valence-corrected chi connectivity index (χ3v) is 3.01. The van der Waals surface area contributed by atoms with E-state index in [2.05, 4.69) is 17.2 Å². The van der Waals surface area contributed by atoms with Crippen LogP contribution in [0.2, 0.25) is 0 Å². The summed E-state index contributed by atoms with van der Waals surface area (Å²) in [6.45, 7) is 4.38. The minimum atomic E-state index is -0.146. The lowest BCUT2D eigenvalue weighted by Gasteiger charge is -2.19. The molecule has 7 nitrogen and oxygen atoms in total. The second-order valence-corrected chi connectivity index (χ2v) is 4.72. The third-order valence-electron chi connectivity index (χ3n) is 3.01. The number of likely N-dealkylation sites (N-methyl/N-ethyl adjacent to an activating group) is 1. The molecule has 0 aliphatic carbocycles. The van der Waals surface area contributed by atoms with Crippen LogP contribution in [-0.2, 0) is 11.8 Å². The van der Waals surface area contributed by atoms with E-state index in [-0.39, 0.29) is 5.91 Å². The molecule has 1 N–H and O–H groups in total. The second-order valence-electron chi connectivity index (χ2n) is 4.72. The Balaban J connectivity index is 2.75. The van der Waals surface area contributed by atoms with E-state index in [0.717, 1.165) is 19.5 Å². The van der Waals surface area contributed by atoms with Gasteiger partial charge in [0.25, 0.3) is 5.91 Å². The summed E-state index contributed by atoms with van der Waals surface area (Å²) in [5, 5.41) is 3.25. The van der Waals surface area contributed by atoms with Gasteiger partial charge in [0.1, 0.15) is 0 Å². The van der Waals surface area contributed by atoms with Crippen molar-refractivity contribution in [3.05, 3.63) is 12.0 Å². The average Bonchev–Trinajstić information content (AvgIpc) is 2.83. The van der Waals surface area contributed by atoms with Crippen LogP contribution in [0.15, 0.2) is 6.33 Å². The molecule has 0 atom stereocenters. The Morgan fingerprint density at radius 2 is 2.15 bits per heavy atom. The molecular formula is C13H23N5O2. The first-order chi connectivity index (χ1) is 9.52. The first-order valence-corrected chi connectivity index (χ1v) is 6.68. The minimum absolute atomic E-state index is 0.146. The van der Waals surface area contributed by atoms with E-state index in [4.69, 9.17) is 0 Å². The number of nitrogens with zero attached hydrogens (tertiary/aromatic N) is 4. The zero-order valence-electron chi connectivity index (χ0n) is 12.6. The molecule has 0 radical (unpaired) electrons. The Kier molecular flexibility index (Phi) is 6.17. The number of aryl methyl sites for hydroxylation is 1. The van der Waals surface area contributed by atoms with Crippen LogP contribution in [0.25, 0.3) is 0 Å². The maximum absolute atomic E-state index is 12.4. The molecule has 0 aromatic carbocycles. The molecule has 7 heteroatoms. The molecule has 1 rings (SSSR count). The Morgan fingerprint density at radius 3 is 2.75 bits per heavy atom. The lowest BCUT2D eigenvalue weighted by Crippen LogP contribution is -2.35. The van der Waals surface area contributed by atoms with Crippen molar-refractivity contribution in [2.75, 3.05) is 38.6 Å². The van der Waals surface area contributed by atoms with Gasteiger partial charge in [0.05, 0.1) is 6.33 Å². The molecule has 0 fully saturated rings. The number of rotatable bonds is 8. The van der Waals surface area contributed by atoms with Crippen LogP contribution in [0.5, 0.6) is 0 Å². The maximum atomic E-state index is 12.4. The molecule has 112 valence electrons. The normalized spacial score (nSPS) is 10.4.